The first-order valence-electron chi connectivity index (χ1n) is 5.41. The van der Waals surface area contributed by atoms with Gasteiger partial charge in [0.2, 0.25) is 0 Å². The zero-order valence-electron chi connectivity index (χ0n) is 9.76. The summed E-state index contributed by atoms with van der Waals surface area (Å²) in [6, 6.07) is 5.50. The fourth-order valence-corrected chi connectivity index (χ4v) is 3.12. The zero-order valence-corrected chi connectivity index (χ0v) is 12.1. The maximum absolute atomic E-state index is 5.97. The van der Waals surface area contributed by atoms with Gasteiger partial charge in [0.05, 0.1) is 15.6 Å². The van der Waals surface area contributed by atoms with E-state index in [9.17, 15) is 0 Å². The lowest BCUT2D eigenvalue weighted by molar-refractivity contribution is 0.507. The molecule has 0 fully saturated rings. The van der Waals surface area contributed by atoms with E-state index in [0.717, 1.165) is 23.0 Å². The lowest BCUT2D eigenvalue weighted by Crippen LogP contribution is -2.27. The second-order valence-electron chi connectivity index (χ2n) is 4.58. The van der Waals surface area contributed by atoms with Crippen LogP contribution in [0.3, 0.4) is 0 Å². The van der Waals surface area contributed by atoms with Crippen molar-refractivity contribution >= 4 is 45.8 Å². The summed E-state index contributed by atoms with van der Waals surface area (Å²) >= 11 is 13.6. The summed E-state index contributed by atoms with van der Waals surface area (Å²) in [5.41, 5.74) is 0.937. The molecular weight excluding hydrogens is 275 g/mol. The largest absolute Gasteiger partial charge is 0.335 e. The van der Waals surface area contributed by atoms with Crippen molar-refractivity contribution in [2.75, 3.05) is 11.1 Å². The Balaban J connectivity index is 2.15. The third-order valence-electron chi connectivity index (χ3n) is 2.53. The molecule has 1 aromatic carbocycles. The van der Waals surface area contributed by atoms with E-state index >= 15 is 0 Å². The van der Waals surface area contributed by atoms with Gasteiger partial charge in [0, 0.05) is 11.4 Å². The summed E-state index contributed by atoms with van der Waals surface area (Å²) in [6.07, 6.45) is 1.10. The molecule has 0 bridgehead atoms. The number of nitrogens with one attached hydrogen (secondary N) is 1. The van der Waals surface area contributed by atoms with Gasteiger partial charge in [-0.3, -0.25) is 4.99 Å². The van der Waals surface area contributed by atoms with E-state index in [-0.39, 0.29) is 5.54 Å². The molecule has 0 radical (unpaired) electrons. The van der Waals surface area contributed by atoms with Gasteiger partial charge >= 0.3 is 0 Å². The van der Waals surface area contributed by atoms with E-state index in [1.165, 1.54) is 0 Å². The van der Waals surface area contributed by atoms with Gasteiger partial charge < -0.3 is 5.32 Å². The van der Waals surface area contributed by atoms with E-state index in [2.05, 4.69) is 24.2 Å². The lowest BCUT2D eigenvalue weighted by Gasteiger charge is -2.26. The number of hydrogen-bond acceptors (Lipinski definition) is 3. The molecule has 0 amide bonds. The molecule has 0 atom stereocenters. The molecule has 1 aliphatic rings. The highest BCUT2D eigenvalue weighted by Crippen LogP contribution is 2.29. The monoisotopic (exact) mass is 288 g/mol. The van der Waals surface area contributed by atoms with Crippen LogP contribution in [0.1, 0.15) is 20.3 Å². The number of rotatable bonds is 1. The molecule has 1 N–H and O–H groups in total. The molecule has 17 heavy (non-hydrogen) atoms. The van der Waals surface area contributed by atoms with Crippen molar-refractivity contribution in [1.29, 1.82) is 0 Å². The predicted octanol–water partition coefficient (Wildman–Crippen LogP) is 4.68. The van der Waals surface area contributed by atoms with Crippen molar-refractivity contribution in [2.45, 2.75) is 25.8 Å². The first-order valence-corrected chi connectivity index (χ1v) is 7.15. The van der Waals surface area contributed by atoms with E-state index in [0.29, 0.717) is 10.0 Å². The number of amidine groups is 1. The summed E-state index contributed by atoms with van der Waals surface area (Å²) in [6.45, 7) is 4.28. The van der Waals surface area contributed by atoms with Crippen molar-refractivity contribution in [3.63, 3.8) is 0 Å². The Morgan fingerprint density at radius 1 is 1.29 bits per heavy atom. The maximum atomic E-state index is 5.97. The van der Waals surface area contributed by atoms with Gasteiger partial charge in [0.1, 0.15) is 0 Å². The number of benzene rings is 1. The minimum atomic E-state index is 0.0177. The molecular formula is C12H14Cl2N2S. The van der Waals surface area contributed by atoms with E-state index in [4.69, 9.17) is 23.2 Å². The summed E-state index contributed by atoms with van der Waals surface area (Å²) < 4.78 is 0. The number of thioether (sulfide) groups is 1. The van der Waals surface area contributed by atoms with Crippen LogP contribution in [-0.4, -0.2) is 16.5 Å². The Morgan fingerprint density at radius 2 is 2.06 bits per heavy atom. The second-order valence-corrected chi connectivity index (χ2v) is 6.48. The number of hydrogen-bond donors (Lipinski definition) is 1. The van der Waals surface area contributed by atoms with E-state index in [1.54, 1.807) is 17.8 Å². The Labute approximate surface area is 116 Å². The molecule has 1 heterocycles. The van der Waals surface area contributed by atoms with Crippen LogP contribution in [0.25, 0.3) is 0 Å². The van der Waals surface area contributed by atoms with Gasteiger partial charge in [-0.25, -0.2) is 0 Å². The maximum Gasteiger partial charge on any atom is 0.161 e. The first-order chi connectivity index (χ1) is 7.96. The number of aliphatic imine (C=N–C) groups is 1. The summed E-state index contributed by atoms with van der Waals surface area (Å²) in [7, 11) is 0. The number of halogens is 2. The van der Waals surface area contributed by atoms with Crippen molar-refractivity contribution < 1.29 is 0 Å². The van der Waals surface area contributed by atoms with Crippen LogP contribution in [0.4, 0.5) is 5.69 Å². The van der Waals surface area contributed by atoms with Gasteiger partial charge in [-0.2, -0.15) is 0 Å². The molecule has 2 rings (SSSR count). The van der Waals surface area contributed by atoms with Crippen molar-refractivity contribution in [1.82, 2.24) is 0 Å². The Morgan fingerprint density at radius 3 is 2.71 bits per heavy atom. The summed E-state index contributed by atoms with van der Waals surface area (Å²) in [5.74, 6) is 1.08. The number of anilines is 1. The molecule has 0 unspecified atom stereocenters. The van der Waals surface area contributed by atoms with Crippen LogP contribution >= 0.6 is 35.0 Å². The normalized spacial score (nSPS) is 18.7. The van der Waals surface area contributed by atoms with Crippen LogP contribution in [0, 0.1) is 0 Å². The van der Waals surface area contributed by atoms with Crippen LogP contribution in [0.2, 0.25) is 10.0 Å². The Hall–Kier alpha value is -0.380. The third kappa shape index (κ3) is 3.54. The standard InChI is InChI=1S/C12H14Cl2N2S/c1-12(2)5-6-17-11(16-12)15-8-3-4-9(13)10(14)7-8/h3-4,7H,5-6H2,1-2H3,(H,15,16). The Kier molecular flexibility index (Phi) is 3.91. The molecule has 0 aliphatic carbocycles. The molecule has 0 saturated carbocycles. The molecule has 0 spiro atoms. The average molecular weight is 289 g/mol. The lowest BCUT2D eigenvalue weighted by atomic mass is 10.0. The van der Waals surface area contributed by atoms with Crippen molar-refractivity contribution in [3.8, 4) is 0 Å². The molecule has 2 nitrogen and oxygen atoms in total. The molecule has 1 aromatic rings. The van der Waals surface area contributed by atoms with E-state index in [1.807, 2.05) is 12.1 Å². The van der Waals surface area contributed by atoms with Crippen LogP contribution in [-0.2, 0) is 0 Å². The highest BCUT2D eigenvalue weighted by Gasteiger charge is 2.22. The van der Waals surface area contributed by atoms with Gasteiger partial charge in [-0.15, -0.1) is 0 Å². The Bertz CT molecular complexity index is 458. The molecule has 5 heteroatoms. The highest BCUT2D eigenvalue weighted by atomic mass is 35.5. The second kappa shape index (κ2) is 5.09. The third-order valence-corrected chi connectivity index (χ3v) is 4.14. The predicted molar refractivity (Wildman–Crippen MR) is 78.7 cm³/mol. The van der Waals surface area contributed by atoms with Crippen LogP contribution < -0.4 is 5.32 Å². The summed E-state index contributed by atoms with van der Waals surface area (Å²) in [4.78, 5) is 4.65. The zero-order chi connectivity index (χ0) is 12.5. The van der Waals surface area contributed by atoms with E-state index < -0.39 is 0 Å². The minimum absolute atomic E-state index is 0.0177. The minimum Gasteiger partial charge on any atom is -0.335 e. The highest BCUT2D eigenvalue weighted by molar-refractivity contribution is 8.14. The molecule has 92 valence electrons. The van der Waals surface area contributed by atoms with Crippen molar-refractivity contribution in [3.05, 3.63) is 28.2 Å². The molecule has 0 aromatic heterocycles. The van der Waals surface area contributed by atoms with Gasteiger partial charge in [-0.05, 0) is 38.5 Å². The number of nitrogens with zero attached hydrogens (tertiary/aromatic N) is 1. The fraction of sp³-hybridized carbons (Fsp3) is 0.417. The first kappa shape index (κ1) is 13.1. The van der Waals surface area contributed by atoms with Crippen LogP contribution in [0.15, 0.2) is 23.2 Å². The topological polar surface area (TPSA) is 24.4 Å². The smallest absolute Gasteiger partial charge is 0.161 e. The SMILES string of the molecule is CC1(C)CCSC(Nc2ccc(Cl)c(Cl)c2)=N1. The molecule has 1 aliphatic heterocycles. The molecule has 0 saturated heterocycles. The quantitative estimate of drug-likeness (QED) is 0.812. The van der Waals surface area contributed by atoms with Crippen molar-refractivity contribution in [2.24, 2.45) is 4.99 Å². The van der Waals surface area contributed by atoms with Gasteiger partial charge in [-0.1, -0.05) is 35.0 Å². The average Bonchev–Trinajstić information content (AvgIpc) is 2.22. The van der Waals surface area contributed by atoms with Crippen LogP contribution in [0.5, 0.6) is 0 Å². The fourth-order valence-electron chi connectivity index (χ4n) is 1.52. The summed E-state index contributed by atoms with van der Waals surface area (Å²) in [5, 5.41) is 5.34. The van der Waals surface area contributed by atoms with Gasteiger partial charge in [0.25, 0.3) is 0 Å². The van der Waals surface area contributed by atoms with Gasteiger partial charge in [0.15, 0.2) is 5.17 Å².